The van der Waals surface area contributed by atoms with Crippen molar-refractivity contribution in [3.8, 4) is 10.4 Å². The third kappa shape index (κ3) is 6.45. The number of amides is 2. The molecule has 8 nitrogen and oxygen atoms in total. The summed E-state index contributed by atoms with van der Waals surface area (Å²) in [6, 6.07) is 0.920. The summed E-state index contributed by atoms with van der Waals surface area (Å²) in [5.74, 6) is -0.651. The highest BCUT2D eigenvalue weighted by Crippen LogP contribution is 2.42. The van der Waals surface area contributed by atoms with Crippen LogP contribution in [0.5, 0.6) is 0 Å². The Morgan fingerprint density at radius 3 is 2.53 bits per heavy atom. The Morgan fingerprint density at radius 2 is 1.97 bits per heavy atom. The van der Waals surface area contributed by atoms with Gasteiger partial charge in [-0.15, -0.1) is 11.3 Å². The maximum absolute atomic E-state index is 14.3. The topological polar surface area (TPSA) is 107 Å². The van der Waals surface area contributed by atoms with Crippen LogP contribution in [0.25, 0.3) is 10.4 Å². The van der Waals surface area contributed by atoms with E-state index < -0.39 is 29.2 Å². The third-order valence-corrected chi connectivity index (χ3v) is 8.02. The van der Waals surface area contributed by atoms with Gasteiger partial charge in [0, 0.05) is 36.9 Å². The van der Waals surface area contributed by atoms with E-state index >= 15 is 0 Å². The molecule has 0 bridgehead atoms. The molecule has 1 aliphatic carbocycles. The molecular formula is C26H34F3N5O3S. The number of nitrogens with one attached hydrogen (secondary N) is 2. The molecule has 2 aromatic rings. The van der Waals surface area contributed by atoms with Gasteiger partial charge >= 0.3 is 6.18 Å². The zero-order valence-corrected chi connectivity index (χ0v) is 22.8. The first-order valence-electron chi connectivity index (χ1n) is 12.9. The second-order valence-corrected chi connectivity index (χ2v) is 11.8. The van der Waals surface area contributed by atoms with Crippen molar-refractivity contribution < 1.29 is 27.9 Å². The largest absolute Gasteiger partial charge is 0.417 e. The lowest BCUT2D eigenvalue weighted by molar-refractivity contribution is -0.137. The highest BCUT2D eigenvalue weighted by molar-refractivity contribution is 7.17. The molecule has 2 aromatic heterocycles. The van der Waals surface area contributed by atoms with Crippen molar-refractivity contribution in [1.82, 2.24) is 20.2 Å². The minimum Gasteiger partial charge on any atom is -0.389 e. The van der Waals surface area contributed by atoms with E-state index in [4.69, 9.17) is 0 Å². The Labute approximate surface area is 224 Å². The van der Waals surface area contributed by atoms with Crippen LogP contribution in [0.2, 0.25) is 0 Å². The summed E-state index contributed by atoms with van der Waals surface area (Å²) < 4.78 is 43.0. The van der Waals surface area contributed by atoms with Gasteiger partial charge in [0.2, 0.25) is 0 Å². The summed E-state index contributed by atoms with van der Waals surface area (Å²) in [6.07, 6.45) is 0.774. The number of hydrogen-bond acceptors (Lipinski definition) is 7. The minimum absolute atomic E-state index is 0.0395. The number of pyridine rings is 1. The fraction of sp³-hybridized carbons (Fsp3) is 0.615. The predicted octanol–water partition coefficient (Wildman–Crippen LogP) is 4.95. The molecule has 2 aliphatic rings. The number of thiazole rings is 1. The van der Waals surface area contributed by atoms with Crippen LogP contribution >= 0.6 is 11.3 Å². The number of anilines is 1. The molecule has 38 heavy (non-hydrogen) atoms. The average molecular weight is 554 g/mol. The lowest BCUT2D eigenvalue weighted by atomic mass is 10.1. The number of halogens is 3. The quantitative estimate of drug-likeness (QED) is 0.406. The van der Waals surface area contributed by atoms with Crippen LogP contribution in [0.4, 0.5) is 19.0 Å². The Kier molecular flexibility index (Phi) is 8.04. The SMILES string of the molecule is CC[C@H](Nc1cc(C(F)(F)F)c(-c2sc(C(=O)NCC(C)(C)O)nc2C(=O)N2CCCC2C)cn1)C1CC1. The van der Waals surface area contributed by atoms with Gasteiger partial charge in [0.15, 0.2) is 5.01 Å². The molecule has 0 radical (unpaired) electrons. The lowest BCUT2D eigenvalue weighted by Gasteiger charge is -2.22. The van der Waals surface area contributed by atoms with E-state index in [9.17, 15) is 27.9 Å². The fourth-order valence-corrected chi connectivity index (χ4v) is 5.68. The summed E-state index contributed by atoms with van der Waals surface area (Å²) in [4.78, 5) is 36.3. The number of aliphatic hydroxyl groups is 1. The second-order valence-electron chi connectivity index (χ2n) is 10.8. The number of aromatic nitrogens is 2. The van der Waals surface area contributed by atoms with Crippen molar-refractivity contribution in [3.63, 3.8) is 0 Å². The van der Waals surface area contributed by atoms with E-state index in [-0.39, 0.29) is 45.6 Å². The number of carbonyl (C=O) groups is 2. The van der Waals surface area contributed by atoms with Crippen LogP contribution < -0.4 is 10.6 Å². The maximum Gasteiger partial charge on any atom is 0.417 e. The summed E-state index contributed by atoms with van der Waals surface area (Å²) in [6.45, 7) is 7.24. The van der Waals surface area contributed by atoms with Crippen molar-refractivity contribution >= 4 is 29.0 Å². The number of carbonyl (C=O) groups excluding carboxylic acids is 2. The smallest absolute Gasteiger partial charge is 0.389 e. The standard InChI is InChI=1S/C26H34F3N5O3S/c1-5-18(15-8-9-15)32-19-11-17(26(27,28)29)16(12-30-19)21-20(24(36)34-10-6-7-14(34)2)33-23(38-21)22(35)31-13-25(3,4)37/h11-12,14-15,18,37H,5-10,13H2,1-4H3,(H,30,32)(H,31,35)/t14?,18-/m0/s1. The second kappa shape index (κ2) is 10.8. The van der Waals surface area contributed by atoms with Crippen LogP contribution in [0.3, 0.4) is 0 Å². The van der Waals surface area contributed by atoms with Crippen LogP contribution in [0.1, 0.15) is 85.7 Å². The minimum atomic E-state index is -4.73. The molecule has 1 saturated heterocycles. The summed E-state index contributed by atoms with van der Waals surface area (Å²) in [7, 11) is 0. The molecule has 2 fully saturated rings. The molecule has 0 spiro atoms. The van der Waals surface area contributed by atoms with Crippen molar-refractivity contribution in [1.29, 1.82) is 0 Å². The van der Waals surface area contributed by atoms with Gasteiger partial charge in [-0.2, -0.15) is 13.2 Å². The Bertz CT molecular complexity index is 1190. The van der Waals surface area contributed by atoms with Crippen LogP contribution in [-0.4, -0.2) is 62.6 Å². The molecule has 1 aliphatic heterocycles. The summed E-state index contributed by atoms with van der Waals surface area (Å²) in [5, 5.41) is 15.5. The van der Waals surface area contributed by atoms with E-state index in [0.29, 0.717) is 23.8 Å². The molecule has 3 N–H and O–H groups in total. The van der Waals surface area contributed by atoms with Crippen LogP contribution in [0, 0.1) is 5.92 Å². The Balaban J connectivity index is 1.76. The van der Waals surface area contributed by atoms with Gasteiger partial charge in [0.1, 0.15) is 11.5 Å². The highest BCUT2D eigenvalue weighted by atomic mass is 32.1. The van der Waals surface area contributed by atoms with Gasteiger partial charge in [-0.05, 0) is 64.9 Å². The van der Waals surface area contributed by atoms with Gasteiger partial charge in [-0.3, -0.25) is 9.59 Å². The highest BCUT2D eigenvalue weighted by Gasteiger charge is 2.39. The van der Waals surface area contributed by atoms with Gasteiger partial charge in [-0.25, -0.2) is 9.97 Å². The van der Waals surface area contributed by atoms with Crippen LogP contribution in [0.15, 0.2) is 12.3 Å². The van der Waals surface area contributed by atoms with Crippen molar-refractivity contribution in [2.45, 2.75) is 83.7 Å². The van der Waals surface area contributed by atoms with Crippen LogP contribution in [-0.2, 0) is 6.18 Å². The van der Waals surface area contributed by atoms with Gasteiger partial charge in [-0.1, -0.05) is 6.92 Å². The molecule has 1 unspecified atom stereocenters. The van der Waals surface area contributed by atoms with E-state index in [1.807, 2.05) is 13.8 Å². The zero-order chi connectivity index (χ0) is 27.8. The predicted molar refractivity (Wildman–Crippen MR) is 139 cm³/mol. The molecule has 2 atom stereocenters. The first-order chi connectivity index (χ1) is 17.8. The number of hydrogen-bond donors (Lipinski definition) is 3. The van der Waals surface area contributed by atoms with E-state index in [1.165, 1.54) is 13.8 Å². The van der Waals surface area contributed by atoms with E-state index in [1.54, 1.807) is 4.90 Å². The molecule has 1 saturated carbocycles. The van der Waals surface area contributed by atoms with Gasteiger partial charge in [0.05, 0.1) is 16.0 Å². The fourth-order valence-electron chi connectivity index (χ4n) is 4.68. The number of likely N-dealkylation sites (tertiary alicyclic amines) is 1. The monoisotopic (exact) mass is 553 g/mol. The van der Waals surface area contributed by atoms with Gasteiger partial charge in [0.25, 0.3) is 11.8 Å². The van der Waals surface area contributed by atoms with Crippen molar-refractivity contribution in [2.24, 2.45) is 5.92 Å². The maximum atomic E-state index is 14.3. The summed E-state index contributed by atoms with van der Waals surface area (Å²) >= 11 is 0.716. The average Bonchev–Trinajstić information content (AvgIpc) is 3.44. The molecular weight excluding hydrogens is 519 g/mol. The van der Waals surface area contributed by atoms with Gasteiger partial charge < -0.3 is 20.6 Å². The molecule has 2 amide bonds. The molecule has 4 rings (SSSR count). The first-order valence-corrected chi connectivity index (χ1v) is 13.8. The lowest BCUT2D eigenvalue weighted by Crippen LogP contribution is -2.38. The van der Waals surface area contributed by atoms with E-state index in [0.717, 1.165) is 44.4 Å². The molecule has 12 heteroatoms. The first kappa shape index (κ1) is 28.3. The number of alkyl halides is 3. The van der Waals surface area contributed by atoms with Crippen molar-refractivity contribution in [2.75, 3.05) is 18.4 Å². The molecule has 0 aromatic carbocycles. The Morgan fingerprint density at radius 1 is 1.26 bits per heavy atom. The number of rotatable bonds is 9. The Hall–Kier alpha value is -2.73. The van der Waals surface area contributed by atoms with Crippen molar-refractivity contribution in [3.05, 3.63) is 28.5 Å². The zero-order valence-electron chi connectivity index (χ0n) is 22.0. The normalized spacial score (nSPS) is 18.9. The molecule has 3 heterocycles. The number of nitrogens with zero attached hydrogens (tertiary/aromatic N) is 3. The summed E-state index contributed by atoms with van der Waals surface area (Å²) in [5.41, 5.74) is -2.64. The molecule has 208 valence electrons. The third-order valence-electron chi connectivity index (χ3n) is 6.94. The van der Waals surface area contributed by atoms with E-state index in [2.05, 4.69) is 20.6 Å².